The van der Waals surface area contributed by atoms with Gasteiger partial charge in [-0.1, -0.05) is 12.2 Å². The number of thiazole rings is 1. The SMILES string of the molecule is C=C(C)COCCNCc1nc(C)c(C)s1. The van der Waals surface area contributed by atoms with Gasteiger partial charge in [0.25, 0.3) is 0 Å². The maximum absolute atomic E-state index is 5.38. The lowest BCUT2D eigenvalue weighted by Crippen LogP contribution is -2.19. The Morgan fingerprint density at radius 2 is 2.25 bits per heavy atom. The van der Waals surface area contributed by atoms with Gasteiger partial charge in [0.2, 0.25) is 0 Å². The molecule has 0 aliphatic carbocycles. The molecule has 1 rings (SSSR count). The zero-order valence-corrected chi connectivity index (χ0v) is 11.1. The highest BCUT2D eigenvalue weighted by Gasteiger charge is 2.02. The topological polar surface area (TPSA) is 34.1 Å². The van der Waals surface area contributed by atoms with Crippen LogP contribution in [-0.2, 0) is 11.3 Å². The third kappa shape index (κ3) is 4.88. The molecule has 3 nitrogen and oxygen atoms in total. The molecule has 0 fully saturated rings. The van der Waals surface area contributed by atoms with E-state index in [4.69, 9.17) is 4.74 Å². The fourth-order valence-corrected chi connectivity index (χ4v) is 2.10. The molecule has 0 amide bonds. The second kappa shape index (κ2) is 6.78. The van der Waals surface area contributed by atoms with Crippen molar-refractivity contribution >= 4 is 11.3 Å². The van der Waals surface area contributed by atoms with Crippen LogP contribution in [0.5, 0.6) is 0 Å². The van der Waals surface area contributed by atoms with Gasteiger partial charge in [-0.3, -0.25) is 0 Å². The van der Waals surface area contributed by atoms with Crippen LogP contribution < -0.4 is 5.32 Å². The average Bonchev–Trinajstić information content (AvgIpc) is 2.52. The Morgan fingerprint density at radius 3 is 2.81 bits per heavy atom. The van der Waals surface area contributed by atoms with Gasteiger partial charge in [0.1, 0.15) is 5.01 Å². The molecule has 0 radical (unpaired) electrons. The van der Waals surface area contributed by atoms with E-state index < -0.39 is 0 Å². The first kappa shape index (κ1) is 13.4. The molecule has 0 aliphatic rings. The van der Waals surface area contributed by atoms with Crippen molar-refractivity contribution in [3.63, 3.8) is 0 Å². The van der Waals surface area contributed by atoms with Crippen LogP contribution in [0.4, 0.5) is 0 Å². The maximum Gasteiger partial charge on any atom is 0.107 e. The van der Waals surface area contributed by atoms with Crippen LogP contribution in [0.3, 0.4) is 0 Å². The van der Waals surface area contributed by atoms with Crippen LogP contribution in [0.2, 0.25) is 0 Å². The standard InChI is InChI=1S/C12H20N2OS/c1-9(2)8-15-6-5-13-7-12-14-10(3)11(4)16-12/h13H,1,5-8H2,2-4H3. The summed E-state index contributed by atoms with van der Waals surface area (Å²) in [6, 6.07) is 0. The van der Waals surface area contributed by atoms with E-state index in [0.717, 1.165) is 36.0 Å². The largest absolute Gasteiger partial charge is 0.376 e. The maximum atomic E-state index is 5.38. The zero-order valence-electron chi connectivity index (χ0n) is 10.3. The molecule has 0 bridgehead atoms. The summed E-state index contributed by atoms with van der Waals surface area (Å²) < 4.78 is 5.38. The first-order valence-corrected chi connectivity index (χ1v) is 6.27. The van der Waals surface area contributed by atoms with Gasteiger partial charge in [-0.25, -0.2) is 4.98 Å². The predicted octanol–water partition coefficient (Wildman–Crippen LogP) is 2.44. The summed E-state index contributed by atoms with van der Waals surface area (Å²) in [5, 5.41) is 4.46. The first-order valence-electron chi connectivity index (χ1n) is 5.45. The number of ether oxygens (including phenoxy) is 1. The molecule has 0 aliphatic heterocycles. The molecule has 16 heavy (non-hydrogen) atoms. The van der Waals surface area contributed by atoms with Gasteiger partial charge in [0.05, 0.1) is 18.9 Å². The smallest absolute Gasteiger partial charge is 0.107 e. The third-order valence-electron chi connectivity index (χ3n) is 2.12. The minimum absolute atomic E-state index is 0.650. The van der Waals surface area contributed by atoms with Crippen LogP contribution in [0.25, 0.3) is 0 Å². The fraction of sp³-hybridized carbons (Fsp3) is 0.583. The number of rotatable bonds is 7. The summed E-state index contributed by atoms with van der Waals surface area (Å²) in [4.78, 5) is 5.76. The van der Waals surface area contributed by atoms with Gasteiger partial charge in [-0.2, -0.15) is 0 Å². The minimum Gasteiger partial charge on any atom is -0.376 e. The van der Waals surface area contributed by atoms with E-state index in [2.05, 4.69) is 23.8 Å². The van der Waals surface area contributed by atoms with Crippen LogP contribution >= 0.6 is 11.3 Å². The van der Waals surface area contributed by atoms with Crippen molar-refractivity contribution in [2.75, 3.05) is 19.8 Å². The minimum atomic E-state index is 0.650. The van der Waals surface area contributed by atoms with Gasteiger partial charge < -0.3 is 10.1 Å². The highest BCUT2D eigenvalue weighted by molar-refractivity contribution is 7.11. The number of aromatic nitrogens is 1. The summed E-state index contributed by atoms with van der Waals surface area (Å²) in [5.41, 5.74) is 2.20. The van der Waals surface area contributed by atoms with Crippen molar-refractivity contribution in [1.29, 1.82) is 0 Å². The Bertz CT molecular complexity index is 327. The molecule has 1 aromatic heterocycles. The van der Waals surface area contributed by atoms with Crippen molar-refractivity contribution in [1.82, 2.24) is 10.3 Å². The predicted molar refractivity (Wildman–Crippen MR) is 68.9 cm³/mol. The van der Waals surface area contributed by atoms with E-state index in [1.165, 1.54) is 4.88 Å². The Kier molecular flexibility index (Phi) is 5.66. The highest BCUT2D eigenvalue weighted by Crippen LogP contribution is 2.15. The molecule has 0 unspecified atom stereocenters. The van der Waals surface area contributed by atoms with Crippen molar-refractivity contribution < 1.29 is 4.74 Å². The van der Waals surface area contributed by atoms with Crippen LogP contribution in [0.1, 0.15) is 22.5 Å². The van der Waals surface area contributed by atoms with Crippen molar-refractivity contribution in [2.24, 2.45) is 0 Å². The summed E-state index contributed by atoms with van der Waals surface area (Å²) in [6.45, 7) is 12.9. The molecule has 1 aromatic rings. The number of aryl methyl sites for hydroxylation is 2. The van der Waals surface area contributed by atoms with Crippen LogP contribution in [0, 0.1) is 13.8 Å². The summed E-state index contributed by atoms with van der Waals surface area (Å²) in [5.74, 6) is 0. The van der Waals surface area contributed by atoms with Gasteiger partial charge in [-0.05, 0) is 20.8 Å². The van der Waals surface area contributed by atoms with E-state index in [0.29, 0.717) is 6.61 Å². The number of nitrogens with zero attached hydrogens (tertiary/aromatic N) is 1. The average molecular weight is 240 g/mol. The monoisotopic (exact) mass is 240 g/mol. The fourth-order valence-electron chi connectivity index (χ4n) is 1.20. The summed E-state index contributed by atoms with van der Waals surface area (Å²) in [7, 11) is 0. The molecule has 90 valence electrons. The Labute approximate surface area is 102 Å². The highest BCUT2D eigenvalue weighted by atomic mass is 32.1. The van der Waals surface area contributed by atoms with E-state index >= 15 is 0 Å². The first-order chi connectivity index (χ1) is 7.59. The summed E-state index contributed by atoms with van der Waals surface area (Å²) >= 11 is 1.75. The molecular formula is C12H20N2OS. The van der Waals surface area contributed by atoms with Crippen molar-refractivity contribution in [3.8, 4) is 0 Å². The number of hydrogen-bond acceptors (Lipinski definition) is 4. The molecular weight excluding hydrogens is 220 g/mol. The van der Waals surface area contributed by atoms with Gasteiger partial charge >= 0.3 is 0 Å². The molecule has 0 saturated heterocycles. The number of hydrogen-bond donors (Lipinski definition) is 1. The van der Waals surface area contributed by atoms with Crippen molar-refractivity contribution in [3.05, 3.63) is 27.7 Å². The van der Waals surface area contributed by atoms with E-state index in [9.17, 15) is 0 Å². The lowest BCUT2D eigenvalue weighted by molar-refractivity contribution is 0.158. The molecule has 1 N–H and O–H groups in total. The van der Waals surface area contributed by atoms with Crippen LogP contribution in [0.15, 0.2) is 12.2 Å². The zero-order chi connectivity index (χ0) is 12.0. The molecule has 0 atom stereocenters. The number of nitrogens with one attached hydrogen (secondary N) is 1. The Hall–Kier alpha value is -0.710. The molecule has 0 saturated carbocycles. The van der Waals surface area contributed by atoms with E-state index in [1.807, 2.05) is 13.8 Å². The molecule has 0 aromatic carbocycles. The van der Waals surface area contributed by atoms with Crippen LogP contribution in [-0.4, -0.2) is 24.7 Å². The Morgan fingerprint density at radius 1 is 1.50 bits per heavy atom. The van der Waals surface area contributed by atoms with Gasteiger partial charge in [0.15, 0.2) is 0 Å². The quantitative estimate of drug-likeness (QED) is 0.587. The van der Waals surface area contributed by atoms with Gasteiger partial charge in [-0.15, -0.1) is 11.3 Å². The normalized spacial score (nSPS) is 10.7. The second-order valence-electron chi connectivity index (χ2n) is 3.94. The Balaban J connectivity index is 2.09. The molecule has 4 heteroatoms. The third-order valence-corrected chi connectivity index (χ3v) is 3.19. The van der Waals surface area contributed by atoms with Crippen molar-refractivity contribution in [2.45, 2.75) is 27.3 Å². The lowest BCUT2D eigenvalue weighted by atomic mass is 10.4. The molecule has 0 spiro atoms. The van der Waals surface area contributed by atoms with E-state index in [-0.39, 0.29) is 0 Å². The lowest BCUT2D eigenvalue weighted by Gasteiger charge is -2.04. The second-order valence-corrected chi connectivity index (χ2v) is 5.22. The van der Waals surface area contributed by atoms with E-state index in [1.54, 1.807) is 11.3 Å². The molecule has 1 heterocycles. The summed E-state index contributed by atoms with van der Waals surface area (Å²) in [6.07, 6.45) is 0. The van der Waals surface area contributed by atoms with Gasteiger partial charge in [0, 0.05) is 18.0 Å².